The Bertz CT molecular complexity index is 512. The first-order valence-electron chi connectivity index (χ1n) is 8.38. The van der Waals surface area contributed by atoms with Crippen molar-refractivity contribution in [3.63, 3.8) is 0 Å². The Balaban J connectivity index is 0.00000576. The van der Waals surface area contributed by atoms with Gasteiger partial charge < -0.3 is 24.7 Å². The van der Waals surface area contributed by atoms with Crippen molar-refractivity contribution in [3.05, 3.63) is 24.2 Å². The molecule has 0 bridgehead atoms. The van der Waals surface area contributed by atoms with Gasteiger partial charge in [0.05, 0.1) is 6.26 Å². The van der Waals surface area contributed by atoms with E-state index < -0.39 is 5.60 Å². The van der Waals surface area contributed by atoms with Crippen molar-refractivity contribution >= 4 is 36.0 Å². The molecule has 0 unspecified atom stereocenters. The molecular weight excluding hydrogens is 435 g/mol. The number of hydrogen-bond acceptors (Lipinski definition) is 4. The van der Waals surface area contributed by atoms with E-state index in [1.165, 1.54) is 0 Å². The average molecular weight is 466 g/mol. The van der Waals surface area contributed by atoms with Crippen molar-refractivity contribution in [2.75, 3.05) is 26.2 Å². The van der Waals surface area contributed by atoms with Crippen LogP contribution in [0.4, 0.5) is 4.79 Å². The highest BCUT2D eigenvalue weighted by Gasteiger charge is 2.20. The number of rotatable bonds is 7. The molecule has 25 heavy (non-hydrogen) atoms. The van der Waals surface area contributed by atoms with Gasteiger partial charge >= 0.3 is 6.09 Å². The van der Waals surface area contributed by atoms with Crippen molar-refractivity contribution < 1.29 is 13.9 Å². The monoisotopic (exact) mass is 466 g/mol. The summed E-state index contributed by atoms with van der Waals surface area (Å²) in [6.07, 6.45) is 1.33. The van der Waals surface area contributed by atoms with Crippen molar-refractivity contribution in [2.45, 2.75) is 46.8 Å². The fourth-order valence-electron chi connectivity index (χ4n) is 1.92. The van der Waals surface area contributed by atoms with E-state index in [0.29, 0.717) is 32.1 Å². The van der Waals surface area contributed by atoms with Crippen LogP contribution in [-0.2, 0) is 11.3 Å². The summed E-state index contributed by atoms with van der Waals surface area (Å²) >= 11 is 0. The lowest BCUT2D eigenvalue weighted by atomic mass is 10.2. The largest absolute Gasteiger partial charge is 0.467 e. The first kappa shape index (κ1) is 23.5. The number of carbonyl (C=O) groups excluding carboxylic acids is 1. The van der Waals surface area contributed by atoms with E-state index >= 15 is 0 Å². The quantitative estimate of drug-likeness (QED) is 0.367. The second-order valence-corrected chi connectivity index (χ2v) is 6.26. The van der Waals surface area contributed by atoms with Gasteiger partial charge in [-0.15, -0.1) is 24.0 Å². The Hall–Kier alpha value is -1.45. The van der Waals surface area contributed by atoms with Crippen LogP contribution in [0.3, 0.4) is 0 Å². The third-order valence-corrected chi connectivity index (χ3v) is 3.02. The predicted octanol–water partition coefficient (Wildman–Crippen LogP) is 3.21. The molecule has 144 valence electrons. The van der Waals surface area contributed by atoms with Crippen molar-refractivity contribution in [2.24, 2.45) is 4.99 Å². The molecule has 1 amide bonds. The summed E-state index contributed by atoms with van der Waals surface area (Å²) in [5.74, 6) is 1.49. The molecule has 1 heterocycles. The Morgan fingerprint density at radius 3 is 2.56 bits per heavy atom. The number of halogens is 1. The second-order valence-electron chi connectivity index (χ2n) is 6.26. The van der Waals surface area contributed by atoms with Crippen molar-refractivity contribution in [1.29, 1.82) is 0 Å². The van der Waals surface area contributed by atoms with Crippen molar-refractivity contribution in [3.8, 4) is 0 Å². The maximum absolute atomic E-state index is 12.1. The van der Waals surface area contributed by atoms with Gasteiger partial charge in [0, 0.05) is 26.2 Å². The van der Waals surface area contributed by atoms with Gasteiger partial charge in [-0.3, -0.25) is 0 Å². The number of nitrogens with zero attached hydrogens (tertiary/aromatic N) is 2. The number of carbonyl (C=O) groups is 1. The van der Waals surface area contributed by atoms with Crippen LogP contribution < -0.4 is 10.6 Å². The highest BCUT2D eigenvalue weighted by atomic mass is 127. The number of furan rings is 1. The fraction of sp³-hybridized carbons (Fsp3) is 0.647. The van der Waals surface area contributed by atoms with E-state index in [1.807, 2.05) is 46.8 Å². The van der Waals surface area contributed by atoms with Crippen LogP contribution in [0.25, 0.3) is 0 Å². The SMILES string of the molecule is CCNC(=NCc1ccco1)NCCN(CC)C(=O)OC(C)(C)C.I. The Morgan fingerprint density at radius 2 is 2.04 bits per heavy atom. The van der Waals surface area contributed by atoms with Crippen molar-refractivity contribution in [1.82, 2.24) is 15.5 Å². The maximum atomic E-state index is 12.1. The Kier molecular flexibility index (Phi) is 11.3. The number of aliphatic imine (C=N–C) groups is 1. The third-order valence-electron chi connectivity index (χ3n) is 3.02. The number of amides is 1. The first-order valence-corrected chi connectivity index (χ1v) is 8.38. The molecule has 1 aromatic heterocycles. The van der Waals surface area contributed by atoms with Crippen LogP contribution >= 0.6 is 24.0 Å². The van der Waals surface area contributed by atoms with Crippen LogP contribution in [0.2, 0.25) is 0 Å². The molecule has 2 N–H and O–H groups in total. The van der Waals surface area contributed by atoms with Crippen LogP contribution in [0.5, 0.6) is 0 Å². The molecule has 0 atom stereocenters. The summed E-state index contributed by atoms with van der Waals surface area (Å²) in [6, 6.07) is 3.72. The maximum Gasteiger partial charge on any atom is 0.410 e. The molecule has 0 fully saturated rings. The van der Waals surface area contributed by atoms with Gasteiger partial charge in [-0.2, -0.15) is 0 Å². The van der Waals surface area contributed by atoms with Gasteiger partial charge in [0.25, 0.3) is 0 Å². The zero-order chi connectivity index (χ0) is 18.0. The summed E-state index contributed by atoms with van der Waals surface area (Å²) in [5.41, 5.74) is -0.489. The first-order chi connectivity index (χ1) is 11.4. The molecule has 0 aliphatic carbocycles. The van der Waals surface area contributed by atoms with Crippen LogP contribution in [0, 0.1) is 0 Å². The minimum Gasteiger partial charge on any atom is -0.467 e. The highest BCUT2D eigenvalue weighted by molar-refractivity contribution is 14.0. The smallest absolute Gasteiger partial charge is 0.410 e. The molecule has 0 radical (unpaired) electrons. The number of guanidine groups is 1. The number of ether oxygens (including phenoxy) is 1. The molecule has 0 aliphatic heterocycles. The summed E-state index contributed by atoms with van der Waals surface area (Å²) < 4.78 is 10.7. The topological polar surface area (TPSA) is 79.1 Å². The van der Waals surface area contributed by atoms with E-state index in [2.05, 4.69) is 15.6 Å². The zero-order valence-corrected chi connectivity index (χ0v) is 18.1. The van der Waals surface area contributed by atoms with Gasteiger partial charge in [-0.25, -0.2) is 9.79 Å². The molecule has 0 saturated carbocycles. The standard InChI is InChI=1S/C17H30N4O3.HI/c1-6-18-15(20-13-14-9-8-12-23-14)19-10-11-21(7-2)16(22)24-17(3,4)5;/h8-9,12H,6-7,10-11,13H2,1-5H3,(H2,18,19,20);1H. The molecule has 7 nitrogen and oxygen atoms in total. The van der Waals surface area contributed by atoms with E-state index in [4.69, 9.17) is 9.15 Å². The lowest BCUT2D eigenvalue weighted by Gasteiger charge is -2.26. The molecule has 8 heteroatoms. The van der Waals surface area contributed by atoms with E-state index in [0.717, 1.165) is 12.3 Å². The third kappa shape index (κ3) is 10.2. The summed E-state index contributed by atoms with van der Waals surface area (Å²) in [5, 5.41) is 6.38. The predicted molar refractivity (Wildman–Crippen MR) is 110 cm³/mol. The average Bonchev–Trinajstić information content (AvgIpc) is 3.00. The molecule has 1 aromatic rings. The minimum atomic E-state index is -0.489. The van der Waals surface area contributed by atoms with Gasteiger partial charge in [0.15, 0.2) is 5.96 Å². The van der Waals surface area contributed by atoms with Crippen LogP contribution in [-0.4, -0.2) is 48.7 Å². The van der Waals surface area contributed by atoms with E-state index in [-0.39, 0.29) is 30.1 Å². The number of hydrogen-bond donors (Lipinski definition) is 2. The van der Waals surface area contributed by atoms with Crippen LogP contribution in [0.1, 0.15) is 40.4 Å². The van der Waals surface area contributed by atoms with E-state index in [9.17, 15) is 4.79 Å². The summed E-state index contributed by atoms with van der Waals surface area (Å²) in [4.78, 5) is 18.2. The number of nitrogens with one attached hydrogen (secondary N) is 2. The Morgan fingerprint density at radius 1 is 1.32 bits per heavy atom. The molecule has 0 spiro atoms. The Labute approximate surface area is 167 Å². The molecule has 0 aromatic carbocycles. The zero-order valence-electron chi connectivity index (χ0n) is 15.8. The lowest BCUT2D eigenvalue weighted by molar-refractivity contribution is 0.0264. The highest BCUT2D eigenvalue weighted by Crippen LogP contribution is 2.09. The molecule has 0 saturated heterocycles. The van der Waals surface area contributed by atoms with Gasteiger partial charge in [-0.05, 0) is 46.8 Å². The van der Waals surface area contributed by atoms with Gasteiger partial charge in [0.1, 0.15) is 17.9 Å². The van der Waals surface area contributed by atoms with Gasteiger partial charge in [0.2, 0.25) is 0 Å². The normalized spacial score (nSPS) is 11.5. The van der Waals surface area contributed by atoms with E-state index in [1.54, 1.807) is 11.2 Å². The summed E-state index contributed by atoms with van der Waals surface area (Å²) in [6.45, 7) is 12.5. The van der Waals surface area contributed by atoms with Crippen LogP contribution in [0.15, 0.2) is 27.8 Å². The lowest BCUT2D eigenvalue weighted by Crippen LogP contribution is -2.44. The second kappa shape index (κ2) is 12.0. The minimum absolute atomic E-state index is 0. The summed E-state index contributed by atoms with van der Waals surface area (Å²) in [7, 11) is 0. The fourth-order valence-corrected chi connectivity index (χ4v) is 1.92. The molecular formula is C17H31IN4O3. The molecule has 1 rings (SSSR count). The number of likely N-dealkylation sites (N-methyl/N-ethyl adjacent to an activating group) is 1. The molecule has 0 aliphatic rings. The van der Waals surface area contributed by atoms with Gasteiger partial charge in [-0.1, -0.05) is 0 Å².